The summed E-state index contributed by atoms with van der Waals surface area (Å²) < 4.78 is 24.5. The van der Waals surface area contributed by atoms with Gasteiger partial charge in [0.1, 0.15) is 0 Å². The number of rotatable bonds is 2. The van der Waals surface area contributed by atoms with Crippen LogP contribution in [0.5, 0.6) is 0 Å². The number of methoxy groups -OCH3 is 1. The summed E-state index contributed by atoms with van der Waals surface area (Å²) in [6, 6.07) is 0. The smallest absolute Gasteiger partial charge is 0.295 e. The molecule has 8 heavy (non-hydrogen) atoms. The summed E-state index contributed by atoms with van der Waals surface area (Å²) in [4.78, 5) is 0. The first-order chi connectivity index (χ1) is 3.50. The van der Waals surface area contributed by atoms with Crippen LogP contribution in [0.2, 0.25) is 0 Å². The number of alkyl halides is 4. The molecule has 0 saturated carbocycles. The first-order valence-corrected chi connectivity index (χ1v) is 2.47. The van der Waals surface area contributed by atoms with Gasteiger partial charge in [0.05, 0.1) is 0 Å². The van der Waals surface area contributed by atoms with E-state index in [2.05, 4.69) is 4.74 Å². The average molecular weight is 165 g/mol. The fraction of sp³-hybridized carbons (Fsp3) is 1.00. The highest BCUT2D eigenvalue weighted by atomic mass is 35.5. The predicted octanol–water partition coefficient (Wildman–Crippen LogP) is 2.03. The van der Waals surface area contributed by atoms with E-state index >= 15 is 0 Å². The van der Waals surface area contributed by atoms with Crippen LogP contribution in [0.3, 0.4) is 0 Å². The number of ether oxygens (including phenoxy) is 1. The maximum Gasteiger partial charge on any atom is 0.295 e. The fourth-order valence-corrected chi connectivity index (χ4v) is 0.0891. The summed E-state index contributed by atoms with van der Waals surface area (Å²) in [6.45, 7) is 0. The Bertz CT molecular complexity index is 75.7. The van der Waals surface area contributed by atoms with Crippen LogP contribution in [0, 0.1) is 0 Å². The molecule has 0 spiro atoms. The van der Waals surface area contributed by atoms with Crippen molar-refractivity contribution in [2.45, 2.75) is 10.9 Å². The summed E-state index contributed by atoms with van der Waals surface area (Å²) in [5.41, 5.74) is 0. The third-order valence-electron chi connectivity index (χ3n) is 0.526. The molecule has 0 unspecified atom stereocenters. The van der Waals surface area contributed by atoms with Crippen molar-refractivity contribution in [1.29, 1.82) is 0 Å². The van der Waals surface area contributed by atoms with E-state index in [0.717, 1.165) is 7.11 Å². The second-order valence-corrected chi connectivity index (χ2v) is 2.38. The van der Waals surface area contributed by atoms with Gasteiger partial charge in [-0.1, -0.05) is 23.2 Å². The topological polar surface area (TPSA) is 9.23 Å². The zero-order valence-electron chi connectivity index (χ0n) is 4.00. The highest BCUT2D eigenvalue weighted by molar-refractivity contribution is 6.47. The molecule has 0 N–H and O–H groups in total. The summed E-state index contributed by atoms with van der Waals surface area (Å²) >= 11 is 9.70. The highest BCUT2D eigenvalue weighted by Gasteiger charge is 2.35. The predicted molar refractivity (Wildman–Crippen MR) is 27.4 cm³/mol. The maximum absolute atomic E-state index is 11.4. The molecule has 0 aliphatic rings. The minimum Gasteiger partial charge on any atom is -0.346 e. The van der Waals surface area contributed by atoms with Crippen molar-refractivity contribution in [1.82, 2.24) is 0 Å². The lowest BCUT2D eigenvalue weighted by atomic mass is 10.7. The van der Waals surface area contributed by atoms with Crippen molar-refractivity contribution in [3.05, 3.63) is 0 Å². The molecular formula is C3H4Cl2F2O. The SMILES string of the molecule is COC(Cl)(Cl)C(F)F. The molecule has 0 aromatic heterocycles. The largest absolute Gasteiger partial charge is 0.346 e. The molecule has 5 heteroatoms. The molecule has 0 radical (unpaired) electrons. The summed E-state index contributed by atoms with van der Waals surface area (Å²) in [7, 11) is 1.01. The molecule has 0 aliphatic heterocycles. The molecule has 0 saturated heterocycles. The van der Waals surface area contributed by atoms with Gasteiger partial charge in [0.2, 0.25) is 0 Å². The van der Waals surface area contributed by atoms with E-state index in [0.29, 0.717) is 0 Å². The number of hydrogen-bond donors (Lipinski definition) is 0. The zero-order chi connectivity index (χ0) is 6.78. The molecule has 0 rings (SSSR count). The van der Waals surface area contributed by atoms with Crippen molar-refractivity contribution < 1.29 is 13.5 Å². The van der Waals surface area contributed by atoms with Gasteiger partial charge >= 0.3 is 0 Å². The Hall–Kier alpha value is 0.400. The van der Waals surface area contributed by atoms with Crippen LogP contribution < -0.4 is 0 Å². The highest BCUT2D eigenvalue weighted by Crippen LogP contribution is 2.28. The molecule has 0 atom stereocenters. The molecular weight excluding hydrogens is 161 g/mol. The Labute approximate surface area is 55.5 Å². The standard InChI is InChI=1S/C3H4Cl2F2O/c1-8-3(4,5)2(6)7/h2H,1H3. The zero-order valence-corrected chi connectivity index (χ0v) is 5.51. The fourth-order valence-electron chi connectivity index (χ4n) is 0.0891. The Morgan fingerprint density at radius 2 is 1.88 bits per heavy atom. The Morgan fingerprint density at radius 1 is 1.50 bits per heavy atom. The first kappa shape index (κ1) is 8.40. The monoisotopic (exact) mass is 164 g/mol. The van der Waals surface area contributed by atoms with Crippen LogP contribution in [-0.2, 0) is 4.74 Å². The van der Waals surface area contributed by atoms with Gasteiger partial charge in [-0.25, -0.2) is 8.78 Å². The van der Waals surface area contributed by atoms with E-state index in [9.17, 15) is 8.78 Å². The second-order valence-electron chi connectivity index (χ2n) is 1.07. The van der Waals surface area contributed by atoms with Crippen LogP contribution in [0.1, 0.15) is 0 Å². The van der Waals surface area contributed by atoms with Crippen LogP contribution in [0.15, 0.2) is 0 Å². The molecule has 1 nitrogen and oxygen atoms in total. The second kappa shape index (κ2) is 2.80. The van der Waals surface area contributed by atoms with Crippen molar-refractivity contribution in [3.8, 4) is 0 Å². The van der Waals surface area contributed by atoms with E-state index in [4.69, 9.17) is 23.2 Å². The van der Waals surface area contributed by atoms with E-state index < -0.39 is 10.9 Å². The van der Waals surface area contributed by atoms with Gasteiger partial charge in [-0.15, -0.1) is 0 Å². The van der Waals surface area contributed by atoms with Crippen molar-refractivity contribution >= 4 is 23.2 Å². The summed E-state index contributed by atoms with van der Waals surface area (Å²) in [5, 5.41) is 0. The molecule has 0 bridgehead atoms. The van der Waals surface area contributed by atoms with Crippen molar-refractivity contribution in [3.63, 3.8) is 0 Å². The molecule has 50 valence electrons. The molecule has 0 aromatic rings. The minimum absolute atomic E-state index is 1.01. The lowest BCUT2D eigenvalue weighted by molar-refractivity contribution is -0.0116. The van der Waals surface area contributed by atoms with Crippen molar-refractivity contribution in [2.24, 2.45) is 0 Å². The van der Waals surface area contributed by atoms with Crippen LogP contribution in [-0.4, -0.2) is 18.1 Å². The van der Waals surface area contributed by atoms with E-state index in [1.54, 1.807) is 0 Å². The quantitative estimate of drug-likeness (QED) is 0.568. The first-order valence-electron chi connectivity index (χ1n) is 1.72. The third kappa shape index (κ3) is 2.11. The Balaban J connectivity index is 3.71. The minimum atomic E-state index is -2.88. The van der Waals surface area contributed by atoms with E-state index in [1.165, 1.54) is 0 Å². The van der Waals surface area contributed by atoms with Crippen LogP contribution >= 0.6 is 23.2 Å². The molecule has 0 aliphatic carbocycles. The molecule has 0 fully saturated rings. The van der Waals surface area contributed by atoms with Crippen LogP contribution in [0.4, 0.5) is 8.78 Å². The van der Waals surface area contributed by atoms with Crippen molar-refractivity contribution in [2.75, 3.05) is 7.11 Å². The Morgan fingerprint density at radius 3 is 1.88 bits per heavy atom. The summed E-state index contributed by atoms with van der Waals surface area (Å²) in [6.07, 6.45) is -2.88. The van der Waals surface area contributed by atoms with Gasteiger partial charge in [-0.05, 0) is 0 Å². The van der Waals surface area contributed by atoms with Gasteiger partial charge in [0, 0.05) is 7.11 Å². The lowest BCUT2D eigenvalue weighted by Gasteiger charge is -2.14. The lowest BCUT2D eigenvalue weighted by Crippen LogP contribution is -2.25. The molecule has 0 aromatic carbocycles. The maximum atomic E-state index is 11.4. The van der Waals surface area contributed by atoms with Gasteiger partial charge < -0.3 is 4.74 Å². The van der Waals surface area contributed by atoms with Gasteiger partial charge in [-0.2, -0.15) is 0 Å². The van der Waals surface area contributed by atoms with E-state index in [-0.39, 0.29) is 0 Å². The number of halogens is 4. The summed E-state index contributed by atoms with van der Waals surface area (Å²) in [5.74, 6) is 0. The van der Waals surface area contributed by atoms with Gasteiger partial charge in [0.15, 0.2) is 0 Å². The van der Waals surface area contributed by atoms with Gasteiger partial charge in [0.25, 0.3) is 10.9 Å². The van der Waals surface area contributed by atoms with Crippen LogP contribution in [0.25, 0.3) is 0 Å². The number of hydrogen-bond acceptors (Lipinski definition) is 1. The molecule has 0 amide bonds. The molecule has 0 heterocycles. The normalized spacial score (nSPS) is 12.8. The van der Waals surface area contributed by atoms with E-state index in [1.807, 2.05) is 0 Å². The third-order valence-corrected chi connectivity index (χ3v) is 1.16. The van der Waals surface area contributed by atoms with Gasteiger partial charge in [-0.3, -0.25) is 0 Å². The Kier molecular flexibility index (Phi) is 2.94. The average Bonchev–Trinajstić information content (AvgIpc) is 1.67.